The fraction of sp³-hybridized carbons (Fsp3) is 0.222. The van der Waals surface area contributed by atoms with Crippen LogP contribution in [0.15, 0.2) is 36.8 Å². The zero-order chi connectivity index (χ0) is 18.5. The number of fused-ring (bicyclic) bond motifs is 3. The lowest BCUT2D eigenvalue weighted by Gasteiger charge is -2.22. The molecule has 0 unspecified atom stereocenters. The van der Waals surface area contributed by atoms with Crippen LogP contribution in [0.1, 0.15) is 20.8 Å². The summed E-state index contributed by atoms with van der Waals surface area (Å²) in [5.41, 5.74) is 14.5. The summed E-state index contributed by atoms with van der Waals surface area (Å²) in [6.45, 7) is 5.98. The summed E-state index contributed by atoms with van der Waals surface area (Å²) in [5.74, 6) is 1.22. The van der Waals surface area contributed by atoms with Gasteiger partial charge in [-0.25, -0.2) is 19.9 Å². The number of ether oxygens (including phenoxy) is 1. The van der Waals surface area contributed by atoms with Gasteiger partial charge in [0.1, 0.15) is 11.4 Å². The van der Waals surface area contributed by atoms with Crippen molar-refractivity contribution in [3.8, 4) is 17.0 Å². The lowest BCUT2D eigenvalue weighted by molar-refractivity contribution is 0.133. The Morgan fingerprint density at radius 1 is 0.962 bits per heavy atom. The number of hydrogen-bond acceptors (Lipinski definition) is 7. The molecule has 132 valence electrons. The maximum absolute atomic E-state index is 6.19. The molecule has 0 aromatic carbocycles. The van der Waals surface area contributed by atoms with Crippen molar-refractivity contribution in [2.45, 2.75) is 26.4 Å². The number of nitrogens with zero attached hydrogens (tertiary/aromatic N) is 5. The van der Waals surface area contributed by atoms with Crippen molar-refractivity contribution in [3.63, 3.8) is 0 Å². The quantitative estimate of drug-likeness (QED) is 0.571. The molecule has 0 aliphatic rings. The maximum atomic E-state index is 6.19. The van der Waals surface area contributed by atoms with Crippen molar-refractivity contribution in [2.75, 3.05) is 11.5 Å². The Morgan fingerprint density at radius 3 is 2.42 bits per heavy atom. The van der Waals surface area contributed by atoms with Gasteiger partial charge in [0, 0.05) is 24.2 Å². The molecular formula is C18H19N7O. The number of pyridine rings is 1. The summed E-state index contributed by atoms with van der Waals surface area (Å²) in [6.07, 6.45) is 4.97. The Morgan fingerprint density at radius 2 is 1.69 bits per heavy atom. The van der Waals surface area contributed by atoms with Crippen molar-refractivity contribution in [1.29, 1.82) is 0 Å². The average Bonchev–Trinajstić information content (AvgIpc) is 2.90. The van der Waals surface area contributed by atoms with E-state index >= 15 is 0 Å². The highest BCUT2D eigenvalue weighted by atomic mass is 16.5. The predicted molar refractivity (Wildman–Crippen MR) is 101 cm³/mol. The minimum atomic E-state index is -0.381. The monoisotopic (exact) mass is 349 g/mol. The van der Waals surface area contributed by atoms with Gasteiger partial charge < -0.3 is 16.2 Å². The Kier molecular flexibility index (Phi) is 3.43. The summed E-state index contributed by atoms with van der Waals surface area (Å²) in [6, 6.07) is 5.51. The first kappa shape index (κ1) is 16.1. The summed E-state index contributed by atoms with van der Waals surface area (Å²) >= 11 is 0. The highest BCUT2D eigenvalue weighted by Crippen LogP contribution is 2.40. The van der Waals surface area contributed by atoms with Crippen LogP contribution in [0.4, 0.5) is 11.9 Å². The number of nitrogen functional groups attached to an aromatic ring is 2. The van der Waals surface area contributed by atoms with Crippen molar-refractivity contribution >= 4 is 28.4 Å². The molecule has 4 N–H and O–H groups in total. The number of hydrogen-bond donors (Lipinski definition) is 2. The molecule has 4 heterocycles. The number of rotatable bonds is 2. The maximum Gasteiger partial charge on any atom is 0.220 e. The van der Waals surface area contributed by atoms with E-state index in [1.165, 1.54) is 0 Å². The Bertz CT molecular complexity index is 1130. The molecule has 0 aliphatic carbocycles. The van der Waals surface area contributed by atoms with Crippen molar-refractivity contribution < 1.29 is 4.74 Å². The number of anilines is 2. The zero-order valence-electron chi connectivity index (χ0n) is 14.8. The van der Waals surface area contributed by atoms with Gasteiger partial charge in [-0.15, -0.1) is 0 Å². The van der Waals surface area contributed by atoms with Gasteiger partial charge >= 0.3 is 0 Å². The molecule has 4 aromatic rings. The van der Waals surface area contributed by atoms with Crippen molar-refractivity contribution in [2.24, 2.45) is 0 Å². The predicted octanol–water partition coefficient (Wildman–Crippen LogP) is 2.68. The highest BCUT2D eigenvalue weighted by molar-refractivity contribution is 6.07. The van der Waals surface area contributed by atoms with E-state index in [1.54, 1.807) is 29.1 Å². The van der Waals surface area contributed by atoms with Gasteiger partial charge in [0.05, 0.1) is 16.6 Å². The molecule has 4 aromatic heterocycles. The van der Waals surface area contributed by atoms with Crippen LogP contribution < -0.4 is 16.2 Å². The van der Waals surface area contributed by atoms with Gasteiger partial charge in [-0.1, -0.05) is 0 Å². The number of nitrogens with two attached hydrogens (primary N) is 2. The molecule has 0 fully saturated rings. The van der Waals surface area contributed by atoms with Gasteiger partial charge in [0.25, 0.3) is 0 Å². The van der Waals surface area contributed by atoms with E-state index in [4.69, 9.17) is 16.2 Å². The summed E-state index contributed by atoms with van der Waals surface area (Å²) in [7, 11) is 0. The minimum Gasteiger partial charge on any atom is -0.487 e. The summed E-state index contributed by atoms with van der Waals surface area (Å²) in [5, 5.41) is 0.806. The highest BCUT2D eigenvalue weighted by Gasteiger charge is 2.23. The van der Waals surface area contributed by atoms with Crippen LogP contribution in [0.25, 0.3) is 27.8 Å². The van der Waals surface area contributed by atoms with Crippen LogP contribution in [-0.4, -0.2) is 29.9 Å². The third-order valence-corrected chi connectivity index (χ3v) is 3.87. The first-order valence-electron chi connectivity index (χ1n) is 8.17. The Labute approximate surface area is 149 Å². The molecule has 0 atom stereocenters. The molecule has 8 nitrogen and oxygen atoms in total. The van der Waals surface area contributed by atoms with E-state index in [0.717, 1.165) is 16.5 Å². The molecule has 0 saturated heterocycles. The molecule has 0 aliphatic heterocycles. The van der Waals surface area contributed by atoms with Gasteiger partial charge in [0.15, 0.2) is 5.65 Å². The van der Waals surface area contributed by atoms with Gasteiger partial charge in [0.2, 0.25) is 11.9 Å². The molecule has 0 amide bonds. The van der Waals surface area contributed by atoms with E-state index in [9.17, 15) is 0 Å². The summed E-state index contributed by atoms with van der Waals surface area (Å²) < 4.78 is 7.98. The van der Waals surface area contributed by atoms with Crippen molar-refractivity contribution in [1.82, 2.24) is 24.3 Å². The summed E-state index contributed by atoms with van der Waals surface area (Å²) in [4.78, 5) is 17.1. The second-order valence-electron chi connectivity index (χ2n) is 6.92. The number of aromatic nitrogens is 5. The molecule has 0 spiro atoms. The molecule has 4 rings (SSSR count). The van der Waals surface area contributed by atoms with Gasteiger partial charge in [-0.2, -0.15) is 0 Å². The third-order valence-electron chi connectivity index (χ3n) is 3.87. The van der Waals surface area contributed by atoms with E-state index in [-0.39, 0.29) is 11.5 Å². The van der Waals surface area contributed by atoms with Crippen LogP contribution in [-0.2, 0) is 0 Å². The van der Waals surface area contributed by atoms with Crippen LogP contribution >= 0.6 is 0 Å². The van der Waals surface area contributed by atoms with E-state index < -0.39 is 0 Å². The first-order valence-corrected chi connectivity index (χ1v) is 8.17. The molecule has 0 saturated carbocycles. The molecule has 0 bridgehead atoms. The van der Waals surface area contributed by atoms with Gasteiger partial charge in [-0.3, -0.25) is 4.40 Å². The van der Waals surface area contributed by atoms with E-state index in [1.807, 2.05) is 32.9 Å². The Balaban J connectivity index is 2.18. The third kappa shape index (κ3) is 2.55. The van der Waals surface area contributed by atoms with Crippen molar-refractivity contribution in [3.05, 3.63) is 36.8 Å². The zero-order valence-corrected chi connectivity index (χ0v) is 14.8. The fourth-order valence-electron chi connectivity index (χ4n) is 3.01. The second kappa shape index (κ2) is 5.55. The smallest absolute Gasteiger partial charge is 0.220 e. The molecule has 26 heavy (non-hydrogen) atoms. The first-order chi connectivity index (χ1) is 12.3. The standard InChI is InChI=1S/C18H19N7O/c1-18(2,3)26-12-6-9-21-15-14(12)13(10-4-7-22-16(19)24-10)11-5-8-23-17(20)25(11)15/h4-9H,1-3H3,(H2,20,23)(H2,19,22,24). The lowest BCUT2D eigenvalue weighted by atomic mass is 10.1. The van der Waals surface area contributed by atoms with Gasteiger partial charge in [-0.05, 0) is 39.0 Å². The van der Waals surface area contributed by atoms with Crippen LogP contribution in [0.5, 0.6) is 5.75 Å². The van der Waals surface area contributed by atoms with Crippen LogP contribution in [0, 0.1) is 0 Å². The molecular weight excluding hydrogens is 330 g/mol. The average molecular weight is 349 g/mol. The SMILES string of the molecule is CC(C)(C)Oc1ccnc2c1c(-c1ccnc(N)n1)c1ccnc(N)n12. The fourth-order valence-corrected chi connectivity index (χ4v) is 3.01. The molecule has 8 heteroatoms. The van der Waals surface area contributed by atoms with E-state index in [2.05, 4.69) is 19.9 Å². The van der Waals surface area contributed by atoms with E-state index in [0.29, 0.717) is 23.0 Å². The largest absolute Gasteiger partial charge is 0.487 e. The lowest BCUT2D eigenvalue weighted by Crippen LogP contribution is -2.23. The topological polar surface area (TPSA) is 117 Å². The van der Waals surface area contributed by atoms with Crippen LogP contribution in [0.3, 0.4) is 0 Å². The second-order valence-corrected chi connectivity index (χ2v) is 6.92. The normalized spacial score (nSPS) is 12.0. The van der Waals surface area contributed by atoms with Crippen LogP contribution in [0.2, 0.25) is 0 Å². The minimum absolute atomic E-state index is 0.194. The Hall–Kier alpha value is -3.42. The molecule has 0 radical (unpaired) electrons.